The molecule has 3 atom stereocenters. The SMILES string of the molecule is CCCC1CCCN(C[C@@H]2CCCCC2N)C1. The lowest BCUT2D eigenvalue weighted by molar-refractivity contribution is 0.125. The van der Waals surface area contributed by atoms with E-state index in [9.17, 15) is 0 Å². The Kier molecular flexibility index (Phi) is 5.30. The van der Waals surface area contributed by atoms with E-state index in [1.54, 1.807) is 0 Å². The lowest BCUT2D eigenvalue weighted by Gasteiger charge is -2.38. The van der Waals surface area contributed by atoms with Crippen molar-refractivity contribution in [2.24, 2.45) is 17.6 Å². The van der Waals surface area contributed by atoms with Crippen LogP contribution in [0, 0.1) is 11.8 Å². The molecule has 1 heterocycles. The zero-order chi connectivity index (χ0) is 12.1. The molecule has 100 valence electrons. The van der Waals surface area contributed by atoms with Gasteiger partial charge in [-0.05, 0) is 50.5 Å². The highest BCUT2D eigenvalue weighted by Crippen LogP contribution is 2.27. The first-order chi connectivity index (χ1) is 8.29. The van der Waals surface area contributed by atoms with Crippen LogP contribution in [0.5, 0.6) is 0 Å². The van der Waals surface area contributed by atoms with Crippen LogP contribution in [0.15, 0.2) is 0 Å². The van der Waals surface area contributed by atoms with E-state index in [0.717, 1.165) is 11.8 Å². The fraction of sp³-hybridized carbons (Fsp3) is 1.00. The van der Waals surface area contributed by atoms with Crippen LogP contribution in [0.4, 0.5) is 0 Å². The van der Waals surface area contributed by atoms with Crippen molar-refractivity contribution in [3.63, 3.8) is 0 Å². The van der Waals surface area contributed by atoms with Gasteiger partial charge in [0.1, 0.15) is 0 Å². The second-order valence-electron chi connectivity index (χ2n) is 6.26. The molecule has 2 fully saturated rings. The van der Waals surface area contributed by atoms with E-state index >= 15 is 0 Å². The number of rotatable bonds is 4. The normalized spacial score (nSPS) is 36.0. The van der Waals surface area contributed by atoms with Gasteiger partial charge in [-0.3, -0.25) is 0 Å². The minimum absolute atomic E-state index is 0.482. The van der Waals surface area contributed by atoms with Crippen LogP contribution in [0.3, 0.4) is 0 Å². The van der Waals surface area contributed by atoms with E-state index in [0.29, 0.717) is 6.04 Å². The molecule has 1 aliphatic heterocycles. The number of piperidine rings is 1. The molecule has 1 aliphatic carbocycles. The molecule has 2 N–H and O–H groups in total. The summed E-state index contributed by atoms with van der Waals surface area (Å²) >= 11 is 0. The third kappa shape index (κ3) is 3.96. The molecule has 17 heavy (non-hydrogen) atoms. The quantitative estimate of drug-likeness (QED) is 0.816. The summed E-state index contributed by atoms with van der Waals surface area (Å²) in [6, 6.07) is 0.482. The van der Waals surface area contributed by atoms with Gasteiger partial charge in [-0.25, -0.2) is 0 Å². The zero-order valence-corrected chi connectivity index (χ0v) is 11.5. The number of likely N-dealkylation sites (tertiary alicyclic amines) is 1. The summed E-state index contributed by atoms with van der Waals surface area (Å²) in [6.45, 7) is 6.26. The Morgan fingerprint density at radius 2 is 1.94 bits per heavy atom. The molecule has 0 aromatic rings. The predicted octanol–water partition coefficient (Wildman–Crippen LogP) is 3.02. The first kappa shape index (κ1) is 13.4. The van der Waals surface area contributed by atoms with Gasteiger partial charge in [0.2, 0.25) is 0 Å². The van der Waals surface area contributed by atoms with Crippen molar-refractivity contribution >= 4 is 0 Å². The van der Waals surface area contributed by atoms with Gasteiger partial charge in [-0.1, -0.05) is 26.2 Å². The third-order valence-electron chi connectivity index (χ3n) is 4.76. The fourth-order valence-corrected chi connectivity index (χ4v) is 3.76. The highest BCUT2D eigenvalue weighted by molar-refractivity contribution is 4.82. The Balaban J connectivity index is 1.77. The standard InChI is InChI=1S/C15H30N2/c1-2-6-13-7-5-10-17(11-13)12-14-8-3-4-9-15(14)16/h13-15H,2-12,16H2,1H3/t13?,14-,15?/m0/s1. The van der Waals surface area contributed by atoms with Crippen molar-refractivity contribution in [3.8, 4) is 0 Å². The minimum atomic E-state index is 0.482. The molecule has 0 radical (unpaired) electrons. The molecule has 0 aromatic carbocycles. The molecule has 2 unspecified atom stereocenters. The summed E-state index contributed by atoms with van der Waals surface area (Å²) in [5, 5.41) is 0. The molecule has 0 spiro atoms. The summed E-state index contributed by atoms with van der Waals surface area (Å²) in [6.07, 6.45) is 11.0. The van der Waals surface area contributed by atoms with E-state index in [1.807, 2.05) is 0 Å². The predicted molar refractivity (Wildman–Crippen MR) is 74.0 cm³/mol. The Morgan fingerprint density at radius 1 is 1.12 bits per heavy atom. The van der Waals surface area contributed by atoms with Crippen LogP contribution >= 0.6 is 0 Å². The second-order valence-corrected chi connectivity index (χ2v) is 6.26. The molecule has 2 heteroatoms. The van der Waals surface area contributed by atoms with E-state index in [4.69, 9.17) is 5.73 Å². The van der Waals surface area contributed by atoms with Crippen LogP contribution in [0.2, 0.25) is 0 Å². The fourth-order valence-electron chi connectivity index (χ4n) is 3.76. The van der Waals surface area contributed by atoms with Gasteiger partial charge in [0.05, 0.1) is 0 Å². The maximum Gasteiger partial charge on any atom is 0.00793 e. The van der Waals surface area contributed by atoms with Crippen LogP contribution in [0.25, 0.3) is 0 Å². The van der Waals surface area contributed by atoms with E-state index in [2.05, 4.69) is 11.8 Å². The van der Waals surface area contributed by atoms with Crippen molar-refractivity contribution in [1.82, 2.24) is 4.90 Å². The maximum atomic E-state index is 6.26. The van der Waals surface area contributed by atoms with Crippen LogP contribution in [-0.4, -0.2) is 30.6 Å². The Labute approximate surface area is 107 Å². The Bertz CT molecular complexity index is 215. The van der Waals surface area contributed by atoms with Gasteiger partial charge >= 0.3 is 0 Å². The number of hydrogen-bond donors (Lipinski definition) is 1. The van der Waals surface area contributed by atoms with Gasteiger partial charge in [-0.2, -0.15) is 0 Å². The lowest BCUT2D eigenvalue weighted by Crippen LogP contribution is -2.44. The highest BCUT2D eigenvalue weighted by Gasteiger charge is 2.26. The highest BCUT2D eigenvalue weighted by atomic mass is 15.1. The zero-order valence-electron chi connectivity index (χ0n) is 11.5. The van der Waals surface area contributed by atoms with Crippen molar-refractivity contribution in [1.29, 1.82) is 0 Å². The van der Waals surface area contributed by atoms with Gasteiger partial charge in [0, 0.05) is 19.1 Å². The average Bonchev–Trinajstić information content (AvgIpc) is 2.33. The smallest absolute Gasteiger partial charge is 0.00793 e. The maximum absolute atomic E-state index is 6.26. The minimum Gasteiger partial charge on any atom is -0.327 e. The number of hydrogen-bond acceptors (Lipinski definition) is 2. The van der Waals surface area contributed by atoms with Gasteiger partial charge < -0.3 is 10.6 Å². The molecule has 2 rings (SSSR count). The van der Waals surface area contributed by atoms with E-state index in [-0.39, 0.29) is 0 Å². The van der Waals surface area contributed by atoms with Crippen molar-refractivity contribution in [2.75, 3.05) is 19.6 Å². The first-order valence-corrected chi connectivity index (χ1v) is 7.77. The van der Waals surface area contributed by atoms with Crippen LogP contribution in [-0.2, 0) is 0 Å². The Hall–Kier alpha value is -0.0800. The number of nitrogens with two attached hydrogens (primary N) is 1. The van der Waals surface area contributed by atoms with Crippen molar-refractivity contribution in [3.05, 3.63) is 0 Å². The molecular formula is C15H30N2. The van der Waals surface area contributed by atoms with Crippen LogP contribution < -0.4 is 5.73 Å². The Morgan fingerprint density at radius 3 is 2.71 bits per heavy atom. The average molecular weight is 238 g/mol. The summed E-state index contributed by atoms with van der Waals surface area (Å²) in [7, 11) is 0. The summed E-state index contributed by atoms with van der Waals surface area (Å²) in [5.74, 6) is 1.75. The third-order valence-corrected chi connectivity index (χ3v) is 4.76. The molecule has 1 saturated heterocycles. The van der Waals surface area contributed by atoms with Crippen LogP contribution in [0.1, 0.15) is 58.3 Å². The molecule has 0 aromatic heterocycles. The molecule has 2 aliphatic rings. The summed E-state index contributed by atoms with van der Waals surface area (Å²) in [4.78, 5) is 2.71. The molecular weight excluding hydrogens is 208 g/mol. The topological polar surface area (TPSA) is 29.3 Å². The largest absolute Gasteiger partial charge is 0.327 e. The summed E-state index contributed by atoms with van der Waals surface area (Å²) < 4.78 is 0. The summed E-state index contributed by atoms with van der Waals surface area (Å²) in [5.41, 5.74) is 6.26. The molecule has 2 nitrogen and oxygen atoms in total. The monoisotopic (exact) mass is 238 g/mol. The van der Waals surface area contributed by atoms with Gasteiger partial charge in [-0.15, -0.1) is 0 Å². The van der Waals surface area contributed by atoms with Gasteiger partial charge in [0.15, 0.2) is 0 Å². The molecule has 1 saturated carbocycles. The second kappa shape index (κ2) is 6.75. The lowest BCUT2D eigenvalue weighted by atomic mass is 9.84. The van der Waals surface area contributed by atoms with E-state index < -0.39 is 0 Å². The van der Waals surface area contributed by atoms with Gasteiger partial charge in [0.25, 0.3) is 0 Å². The van der Waals surface area contributed by atoms with Crippen molar-refractivity contribution < 1.29 is 0 Å². The molecule has 0 amide bonds. The first-order valence-electron chi connectivity index (χ1n) is 7.77. The molecule has 0 bridgehead atoms. The number of nitrogens with zero attached hydrogens (tertiary/aromatic N) is 1. The van der Waals surface area contributed by atoms with E-state index in [1.165, 1.54) is 71.0 Å². The van der Waals surface area contributed by atoms with Crippen molar-refractivity contribution in [2.45, 2.75) is 64.3 Å².